The first kappa shape index (κ1) is 14.5. The maximum Gasteiger partial charge on any atom is 0.319 e. The maximum absolute atomic E-state index is 11.9. The molecule has 3 N–H and O–H groups in total. The number of hydrogen-bond donors (Lipinski definition) is 3. The van der Waals surface area contributed by atoms with Crippen molar-refractivity contribution in [3.8, 4) is 0 Å². The third-order valence-electron chi connectivity index (χ3n) is 4.23. The van der Waals surface area contributed by atoms with E-state index in [0.29, 0.717) is 19.5 Å². The molecule has 5 atom stereocenters. The van der Waals surface area contributed by atoms with Crippen LogP contribution in [0, 0.1) is 0 Å². The van der Waals surface area contributed by atoms with Crippen LogP contribution in [0.4, 0.5) is 4.79 Å². The predicted molar refractivity (Wildman–Crippen MR) is 68.6 cm³/mol. The van der Waals surface area contributed by atoms with Crippen LogP contribution < -0.4 is 0 Å². The molecule has 2 saturated heterocycles. The number of nitrogens with zero attached hydrogens (tertiary/aromatic N) is 3. The van der Waals surface area contributed by atoms with Crippen LogP contribution in [0.2, 0.25) is 0 Å². The largest absolute Gasteiger partial charge is 0.391 e. The number of amides is 2. The van der Waals surface area contributed by atoms with Gasteiger partial charge in [-0.2, -0.15) is 0 Å². The summed E-state index contributed by atoms with van der Waals surface area (Å²) in [6.07, 6.45) is -2.09. The average molecular weight is 273 g/mol. The second-order valence-corrected chi connectivity index (χ2v) is 5.68. The van der Waals surface area contributed by atoms with Gasteiger partial charge in [-0.3, -0.25) is 4.90 Å². The minimum atomic E-state index is -1.04. The van der Waals surface area contributed by atoms with Crippen molar-refractivity contribution in [3.63, 3.8) is 0 Å². The molecule has 2 aliphatic heterocycles. The number of rotatable bonds is 1. The second-order valence-electron chi connectivity index (χ2n) is 5.68. The standard InChI is InChI=1S/C12H23N3O4/c1-13(2)12(19)14(3)7-6-15-5-4-8(16)9(15)11(18)10(7)17/h7-11,16-18H,4-6H2,1-3H3/t7-,8-,9?,10+,11+/m0/s1. The van der Waals surface area contributed by atoms with Crippen molar-refractivity contribution in [2.24, 2.45) is 0 Å². The predicted octanol–water partition coefficient (Wildman–Crippen LogP) is -1.86. The minimum absolute atomic E-state index is 0.213. The smallest absolute Gasteiger partial charge is 0.319 e. The Labute approximate surface area is 113 Å². The van der Waals surface area contributed by atoms with E-state index in [-0.39, 0.29) is 6.03 Å². The summed E-state index contributed by atoms with van der Waals surface area (Å²) in [5.74, 6) is 0. The first-order valence-electron chi connectivity index (χ1n) is 6.57. The van der Waals surface area contributed by atoms with Crippen molar-refractivity contribution in [2.75, 3.05) is 34.2 Å². The molecule has 1 unspecified atom stereocenters. The normalized spacial score (nSPS) is 38.9. The number of carbonyl (C=O) groups excluding carboxylic acids is 1. The molecule has 0 aliphatic carbocycles. The van der Waals surface area contributed by atoms with E-state index >= 15 is 0 Å². The highest BCUT2D eigenvalue weighted by Crippen LogP contribution is 2.30. The Kier molecular flexibility index (Phi) is 4.00. The van der Waals surface area contributed by atoms with Crippen LogP contribution in [-0.2, 0) is 0 Å². The summed E-state index contributed by atoms with van der Waals surface area (Å²) < 4.78 is 0. The summed E-state index contributed by atoms with van der Waals surface area (Å²) in [5.41, 5.74) is 0. The van der Waals surface area contributed by atoms with Gasteiger partial charge in [-0.1, -0.05) is 0 Å². The average Bonchev–Trinajstić information content (AvgIpc) is 2.73. The molecule has 0 aromatic heterocycles. The lowest BCUT2D eigenvalue weighted by Gasteiger charge is -2.46. The number of likely N-dealkylation sites (N-methyl/N-ethyl adjacent to an activating group) is 1. The van der Waals surface area contributed by atoms with Crippen LogP contribution in [0.3, 0.4) is 0 Å². The van der Waals surface area contributed by atoms with E-state index in [4.69, 9.17) is 0 Å². The highest BCUT2D eigenvalue weighted by atomic mass is 16.3. The van der Waals surface area contributed by atoms with Gasteiger partial charge >= 0.3 is 6.03 Å². The van der Waals surface area contributed by atoms with Gasteiger partial charge in [-0.25, -0.2) is 4.79 Å². The first-order valence-corrected chi connectivity index (χ1v) is 6.57. The summed E-state index contributed by atoms with van der Waals surface area (Å²) in [4.78, 5) is 16.8. The van der Waals surface area contributed by atoms with Gasteiger partial charge in [-0.05, 0) is 6.42 Å². The van der Waals surface area contributed by atoms with Gasteiger partial charge in [-0.15, -0.1) is 0 Å². The Morgan fingerprint density at radius 3 is 2.37 bits per heavy atom. The van der Waals surface area contributed by atoms with Crippen LogP contribution >= 0.6 is 0 Å². The number of piperidine rings is 1. The highest BCUT2D eigenvalue weighted by Gasteiger charge is 2.49. The molecule has 110 valence electrons. The molecule has 2 heterocycles. The molecule has 2 aliphatic rings. The zero-order chi connectivity index (χ0) is 14.3. The number of carbonyl (C=O) groups is 1. The van der Waals surface area contributed by atoms with E-state index in [0.717, 1.165) is 0 Å². The fourth-order valence-electron chi connectivity index (χ4n) is 3.10. The van der Waals surface area contributed by atoms with Crippen molar-refractivity contribution >= 4 is 6.03 Å². The Morgan fingerprint density at radius 1 is 1.16 bits per heavy atom. The first-order chi connectivity index (χ1) is 8.84. The van der Waals surface area contributed by atoms with E-state index < -0.39 is 30.4 Å². The summed E-state index contributed by atoms with van der Waals surface area (Å²) >= 11 is 0. The van der Waals surface area contributed by atoms with Crippen LogP contribution in [0.25, 0.3) is 0 Å². The molecule has 7 nitrogen and oxygen atoms in total. The lowest BCUT2D eigenvalue weighted by atomic mass is 9.91. The van der Waals surface area contributed by atoms with Crippen LogP contribution in [-0.4, -0.2) is 101 Å². The fourth-order valence-corrected chi connectivity index (χ4v) is 3.10. The minimum Gasteiger partial charge on any atom is -0.391 e. The van der Waals surface area contributed by atoms with Crippen molar-refractivity contribution in [3.05, 3.63) is 0 Å². The molecule has 0 aromatic carbocycles. The molecule has 0 saturated carbocycles. The Hall–Kier alpha value is -0.890. The van der Waals surface area contributed by atoms with Crippen molar-refractivity contribution in [2.45, 2.75) is 36.8 Å². The summed E-state index contributed by atoms with van der Waals surface area (Å²) in [6.45, 7) is 1.14. The van der Waals surface area contributed by atoms with Gasteiger partial charge in [0.2, 0.25) is 0 Å². The summed E-state index contributed by atoms with van der Waals surface area (Å²) in [7, 11) is 4.91. The van der Waals surface area contributed by atoms with Gasteiger partial charge in [0.15, 0.2) is 0 Å². The lowest BCUT2D eigenvalue weighted by molar-refractivity contribution is -0.116. The van der Waals surface area contributed by atoms with Gasteiger partial charge in [0.1, 0.15) is 6.10 Å². The van der Waals surface area contributed by atoms with E-state index in [1.807, 2.05) is 4.90 Å². The quantitative estimate of drug-likeness (QED) is 0.521. The zero-order valence-electron chi connectivity index (χ0n) is 11.6. The number of fused-ring (bicyclic) bond motifs is 1. The molecule has 2 fully saturated rings. The van der Waals surface area contributed by atoms with E-state index in [9.17, 15) is 20.1 Å². The van der Waals surface area contributed by atoms with Crippen molar-refractivity contribution in [1.29, 1.82) is 0 Å². The molecule has 0 bridgehead atoms. The Morgan fingerprint density at radius 2 is 1.79 bits per heavy atom. The SMILES string of the molecule is CN(C)C(=O)N(C)[C@H]1CN2CC[C@H](O)C2[C@@H](O)[C@@H]1O. The molecular formula is C12H23N3O4. The Bertz CT molecular complexity index is 352. The molecule has 19 heavy (non-hydrogen) atoms. The van der Waals surface area contributed by atoms with Gasteiger partial charge in [0.05, 0.1) is 24.3 Å². The van der Waals surface area contributed by atoms with Crippen LogP contribution in [0.1, 0.15) is 6.42 Å². The monoisotopic (exact) mass is 273 g/mol. The van der Waals surface area contributed by atoms with Gasteiger partial charge in [0.25, 0.3) is 0 Å². The van der Waals surface area contributed by atoms with Gasteiger partial charge < -0.3 is 25.1 Å². The number of urea groups is 1. The lowest BCUT2D eigenvalue weighted by Crippen LogP contribution is -2.66. The summed E-state index contributed by atoms with van der Waals surface area (Å²) in [5, 5.41) is 30.2. The second kappa shape index (κ2) is 5.24. The molecule has 2 amide bonds. The van der Waals surface area contributed by atoms with E-state index in [1.54, 1.807) is 21.1 Å². The highest BCUT2D eigenvalue weighted by molar-refractivity contribution is 5.74. The number of aliphatic hydroxyl groups is 3. The maximum atomic E-state index is 11.9. The topological polar surface area (TPSA) is 87.5 Å². The van der Waals surface area contributed by atoms with Crippen LogP contribution in [0.15, 0.2) is 0 Å². The van der Waals surface area contributed by atoms with E-state index in [1.165, 1.54) is 9.80 Å². The summed E-state index contributed by atoms with van der Waals surface area (Å²) in [6, 6.07) is -1.10. The molecule has 7 heteroatoms. The van der Waals surface area contributed by atoms with Crippen LogP contribution in [0.5, 0.6) is 0 Å². The molecule has 2 rings (SSSR count). The van der Waals surface area contributed by atoms with E-state index in [2.05, 4.69) is 0 Å². The van der Waals surface area contributed by atoms with Crippen molar-refractivity contribution < 1.29 is 20.1 Å². The van der Waals surface area contributed by atoms with Gasteiger partial charge in [0, 0.05) is 34.2 Å². The third-order valence-corrected chi connectivity index (χ3v) is 4.23. The Balaban J connectivity index is 2.13. The van der Waals surface area contributed by atoms with Crippen molar-refractivity contribution in [1.82, 2.24) is 14.7 Å². The third kappa shape index (κ3) is 2.43. The zero-order valence-corrected chi connectivity index (χ0v) is 11.6. The number of aliphatic hydroxyl groups excluding tert-OH is 3. The molecule has 0 radical (unpaired) electrons. The molecule has 0 spiro atoms. The molecular weight excluding hydrogens is 250 g/mol. The fraction of sp³-hybridized carbons (Fsp3) is 0.917. The number of hydrogen-bond acceptors (Lipinski definition) is 5. The molecule has 0 aromatic rings.